The van der Waals surface area contributed by atoms with Gasteiger partial charge < -0.3 is 4.74 Å². The van der Waals surface area contributed by atoms with Crippen LogP contribution in [0.5, 0.6) is 0 Å². The molecular formula is C13H25BrN4O. The maximum atomic E-state index is 5.69. The van der Waals surface area contributed by atoms with Gasteiger partial charge in [0.2, 0.25) is 0 Å². The van der Waals surface area contributed by atoms with E-state index < -0.39 is 0 Å². The molecule has 0 spiro atoms. The third-order valence-electron chi connectivity index (χ3n) is 3.66. The average Bonchev–Trinajstić information content (AvgIpc) is 2.71. The van der Waals surface area contributed by atoms with Crippen LogP contribution >= 0.6 is 15.9 Å². The molecule has 1 unspecified atom stereocenters. The van der Waals surface area contributed by atoms with Crippen LogP contribution in [0.2, 0.25) is 0 Å². The Balaban J connectivity index is 3.06. The van der Waals surface area contributed by atoms with Crippen LogP contribution in [0.1, 0.15) is 39.1 Å². The smallest absolute Gasteiger partial charge is 0.0792 e. The van der Waals surface area contributed by atoms with Crippen molar-refractivity contribution in [1.29, 1.82) is 0 Å². The van der Waals surface area contributed by atoms with Crippen molar-refractivity contribution in [2.75, 3.05) is 7.11 Å². The van der Waals surface area contributed by atoms with E-state index >= 15 is 0 Å². The fraction of sp³-hybridized carbons (Fsp3) is 0.769. The van der Waals surface area contributed by atoms with Crippen LogP contribution in [0.3, 0.4) is 0 Å². The lowest BCUT2D eigenvalue weighted by Gasteiger charge is -2.32. The minimum absolute atomic E-state index is 0.0144. The molecule has 0 amide bonds. The first-order valence-corrected chi connectivity index (χ1v) is 7.45. The first-order chi connectivity index (χ1) is 8.91. The van der Waals surface area contributed by atoms with Crippen molar-refractivity contribution in [1.82, 2.24) is 15.2 Å². The lowest BCUT2D eigenvalue weighted by molar-refractivity contribution is -0.0106. The number of hydrazine groups is 1. The van der Waals surface area contributed by atoms with Gasteiger partial charge in [0.25, 0.3) is 0 Å². The van der Waals surface area contributed by atoms with Gasteiger partial charge in [-0.05, 0) is 43.1 Å². The Morgan fingerprint density at radius 1 is 1.47 bits per heavy atom. The maximum Gasteiger partial charge on any atom is 0.0792 e. The Morgan fingerprint density at radius 2 is 2.11 bits per heavy atom. The molecule has 1 aromatic rings. The summed E-state index contributed by atoms with van der Waals surface area (Å²) < 4.78 is 8.64. The van der Waals surface area contributed by atoms with Crippen molar-refractivity contribution in [3.05, 3.63) is 15.9 Å². The lowest BCUT2D eigenvalue weighted by Crippen LogP contribution is -2.52. The van der Waals surface area contributed by atoms with Gasteiger partial charge in [-0.25, -0.2) is 0 Å². The minimum atomic E-state index is -0.344. The number of hydrogen-bond donors (Lipinski definition) is 2. The van der Waals surface area contributed by atoms with Gasteiger partial charge in [-0.1, -0.05) is 6.92 Å². The number of methoxy groups -OCH3 is 1. The van der Waals surface area contributed by atoms with Crippen molar-refractivity contribution < 1.29 is 4.74 Å². The molecular weight excluding hydrogens is 308 g/mol. The highest BCUT2D eigenvalue weighted by atomic mass is 79.9. The van der Waals surface area contributed by atoms with E-state index in [0.29, 0.717) is 0 Å². The molecule has 0 aromatic carbocycles. The monoisotopic (exact) mass is 332 g/mol. The Kier molecular flexibility index (Phi) is 5.98. The van der Waals surface area contributed by atoms with E-state index in [0.717, 1.165) is 35.2 Å². The van der Waals surface area contributed by atoms with E-state index in [2.05, 4.69) is 40.3 Å². The van der Waals surface area contributed by atoms with Crippen molar-refractivity contribution in [2.24, 2.45) is 5.84 Å². The predicted octanol–water partition coefficient (Wildman–Crippen LogP) is 2.03. The standard InChI is InChI=1S/C13H25BrN4O/c1-6-9-12(14)10(18(7-2)17-9)8-11(16-15)13(3,4)19-5/h11,16H,6-8,15H2,1-5H3. The average molecular weight is 333 g/mol. The van der Waals surface area contributed by atoms with Crippen LogP contribution in [-0.4, -0.2) is 28.5 Å². The van der Waals surface area contributed by atoms with Gasteiger partial charge in [0.05, 0.1) is 27.5 Å². The van der Waals surface area contributed by atoms with Crippen LogP contribution < -0.4 is 11.3 Å². The quantitative estimate of drug-likeness (QED) is 0.592. The number of nitrogens with two attached hydrogens (primary N) is 1. The number of rotatable bonds is 7. The zero-order valence-corrected chi connectivity index (χ0v) is 14.0. The SMILES string of the molecule is CCc1nn(CC)c(CC(NN)C(C)(C)OC)c1Br. The number of hydrogen-bond acceptors (Lipinski definition) is 4. The number of aromatic nitrogens is 2. The van der Waals surface area contributed by atoms with Crippen LogP contribution in [0, 0.1) is 0 Å². The summed E-state index contributed by atoms with van der Waals surface area (Å²) in [5.74, 6) is 5.69. The van der Waals surface area contributed by atoms with Gasteiger partial charge in [-0.15, -0.1) is 0 Å². The van der Waals surface area contributed by atoms with E-state index in [-0.39, 0.29) is 11.6 Å². The summed E-state index contributed by atoms with van der Waals surface area (Å²) in [7, 11) is 1.70. The molecule has 0 saturated heterocycles. The molecule has 0 radical (unpaired) electrons. The zero-order chi connectivity index (χ0) is 14.6. The van der Waals surface area contributed by atoms with Gasteiger partial charge in [0.15, 0.2) is 0 Å². The van der Waals surface area contributed by atoms with Gasteiger partial charge in [0, 0.05) is 20.1 Å². The summed E-state index contributed by atoms with van der Waals surface area (Å²) in [6.45, 7) is 9.10. The fourth-order valence-electron chi connectivity index (χ4n) is 2.05. The largest absolute Gasteiger partial charge is 0.377 e. The first kappa shape index (κ1) is 16.6. The van der Waals surface area contributed by atoms with E-state index in [4.69, 9.17) is 10.6 Å². The van der Waals surface area contributed by atoms with Crippen LogP contribution in [0.4, 0.5) is 0 Å². The molecule has 3 N–H and O–H groups in total. The summed E-state index contributed by atoms with van der Waals surface area (Å²) in [6.07, 6.45) is 1.67. The number of nitrogens with one attached hydrogen (secondary N) is 1. The van der Waals surface area contributed by atoms with E-state index in [1.54, 1.807) is 7.11 Å². The van der Waals surface area contributed by atoms with E-state index in [1.165, 1.54) is 0 Å². The lowest BCUT2D eigenvalue weighted by atomic mass is 9.94. The molecule has 1 aromatic heterocycles. The van der Waals surface area contributed by atoms with Crippen LogP contribution in [-0.2, 0) is 24.1 Å². The van der Waals surface area contributed by atoms with Gasteiger partial charge in [-0.3, -0.25) is 16.0 Å². The fourth-order valence-corrected chi connectivity index (χ4v) is 2.78. The Morgan fingerprint density at radius 3 is 2.53 bits per heavy atom. The molecule has 1 atom stereocenters. The maximum absolute atomic E-state index is 5.69. The third-order valence-corrected chi connectivity index (χ3v) is 4.57. The van der Waals surface area contributed by atoms with Gasteiger partial charge >= 0.3 is 0 Å². The van der Waals surface area contributed by atoms with Crippen molar-refractivity contribution in [3.63, 3.8) is 0 Å². The highest BCUT2D eigenvalue weighted by Crippen LogP contribution is 2.26. The highest BCUT2D eigenvalue weighted by Gasteiger charge is 2.30. The summed E-state index contributed by atoms with van der Waals surface area (Å²) in [4.78, 5) is 0. The number of halogens is 1. The Labute approximate surface area is 124 Å². The summed E-state index contributed by atoms with van der Waals surface area (Å²) in [5.41, 5.74) is 4.76. The number of nitrogens with zero attached hydrogens (tertiary/aromatic N) is 2. The highest BCUT2D eigenvalue weighted by molar-refractivity contribution is 9.10. The molecule has 0 saturated carbocycles. The molecule has 0 aliphatic heterocycles. The second-order valence-electron chi connectivity index (χ2n) is 5.11. The summed E-state index contributed by atoms with van der Waals surface area (Å²) in [5, 5.41) is 4.60. The minimum Gasteiger partial charge on any atom is -0.377 e. The number of aryl methyl sites for hydroxylation is 2. The summed E-state index contributed by atoms with van der Waals surface area (Å²) in [6, 6.07) is 0.0144. The third kappa shape index (κ3) is 3.56. The molecule has 1 rings (SSSR count). The van der Waals surface area contributed by atoms with Gasteiger partial charge in [0.1, 0.15) is 0 Å². The van der Waals surface area contributed by atoms with Crippen LogP contribution in [0.25, 0.3) is 0 Å². The molecule has 19 heavy (non-hydrogen) atoms. The predicted molar refractivity (Wildman–Crippen MR) is 80.9 cm³/mol. The molecule has 0 fully saturated rings. The molecule has 5 nitrogen and oxygen atoms in total. The Hall–Kier alpha value is -0.430. The van der Waals surface area contributed by atoms with E-state index in [9.17, 15) is 0 Å². The molecule has 0 aliphatic rings. The van der Waals surface area contributed by atoms with Gasteiger partial charge in [-0.2, -0.15) is 5.10 Å². The van der Waals surface area contributed by atoms with Crippen LogP contribution in [0.15, 0.2) is 4.47 Å². The second kappa shape index (κ2) is 6.83. The van der Waals surface area contributed by atoms with Crippen molar-refractivity contribution in [2.45, 2.75) is 58.7 Å². The number of ether oxygens (including phenoxy) is 1. The second-order valence-corrected chi connectivity index (χ2v) is 5.90. The normalized spacial score (nSPS) is 13.8. The summed E-state index contributed by atoms with van der Waals surface area (Å²) >= 11 is 3.66. The van der Waals surface area contributed by atoms with Crippen molar-refractivity contribution >= 4 is 15.9 Å². The Bertz CT molecular complexity index is 417. The topological polar surface area (TPSA) is 65.1 Å². The molecule has 110 valence electrons. The molecule has 0 aliphatic carbocycles. The first-order valence-electron chi connectivity index (χ1n) is 6.66. The van der Waals surface area contributed by atoms with Crippen molar-refractivity contribution in [3.8, 4) is 0 Å². The van der Waals surface area contributed by atoms with E-state index in [1.807, 2.05) is 18.5 Å². The zero-order valence-electron chi connectivity index (χ0n) is 12.5. The molecule has 0 bridgehead atoms. The molecule has 1 heterocycles. The molecule has 6 heteroatoms.